The summed E-state index contributed by atoms with van der Waals surface area (Å²) in [4.78, 5) is 28.3. The van der Waals surface area contributed by atoms with E-state index in [1.165, 1.54) is 24.2 Å². The Hall–Kier alpha value is -2.25. The third-order valence-corrected chi connectivity index (χ3v) is 4.79. The van der Waals surface area contributed by atoms with Crippen molar-refractivity contribution in [2.75, 3.05) is 25.1 Å². The first-order valence-corrected chi connectivity index (χ1v) is 9.74. The van der Waals surface area contributed by atoms with Gasteiger partial charge in [0.2, 0.25) is 5.91 Å². The van der Waals surface area contributed by atoms with Crippen molar-refractivity contribution in [1.29, 1.82) is 0 Å². The zero-order valence-electron chi connectivity index (χ0n) is 14.6. The van der Waals surface area contributed by atoms with Gasteiger partial charge in [-0.05, 0) is 37.3 Å². The average molecular weight is 373 g/mol. The Morgan fingerprint density at radius 3 is 2.81 bits per heavy atom. The zero-order chi connectivity index (χ0) is 18.2. The van der Waals surface area contributed by atoms with Crippen LogP contribution in [-0.2, 0) is 16.0 Å². The molecule has 26 heavy (non-hydrogen) atoms. The van der Waals surface area contributed by atoms with Crippen molar-refractivity contribution in [2.24, 2.45) is 5.92 Å². The normalized spacial score (nSPS) is 13.4. The van der Waals surface area contributed by atoms with Crippen LogP contribution in [0.15, 0.2) is 35.7 Å². The number of rotatable bonds is 10. The molecular formula is C19H23N3O3S. The maximum absolute atomic E-state index is 12.1. The van der Waals surface area contributed by atoms with Gasteiger partial charge in [-0.2, -0.15) is 0 Å². The van der Waals surface area contributed by atoms with Gasteiger partial charge in [-0.1, -0.05) is 18.2 Å². The minimum atomic E-state index is -0.206. The van der Waals surface area contributed by atoms with Gasteiger partial charge in [0.1, 0.15) is 0 Å². The molecule has 2 amide bonds. The number of ether oxygens (including phenoxy) is 1. The van der Waals surface area contributed by atoms with Gasteiger partial charge < -0.3 is 10.1 Å². The van der Waals surface area contributed by atoms with Gasteiger partial charge in [-0.3, -0.25) is 14.9 Å². The van der Waals surface area contributed by atoms with E-state index in [0.717, 1.165) is 18.9 Å². The molecule has 1 aliphatic rings. The summed E-state index contributed by atoms with van der Waals surface area (Å²) in [5.41, 5.74) is 1.23. The number of nitrogens with zero attached hydrogens (tertiary/aromatic N) is 1. The summed E-state index contributed by atoms with van der Waals surface area (Å²) in [5.74, 6) is 0.492. The molecule has 1 saturated carbocycles. The number of nitrogens with one attached hydrogen (secondary N) is 2. The van der Waals surface area contributed by atoms with Crippen LogP contribution >= 0.6 is 11.3 Å². The maximum Gasteiger partial charge on any atom is 0.257 e. The van der Waals surface area contributed by atoms with Gasteiger partial charge in [0, 0.05) is 30.7 Å². The highest BCUT2D eigenvalue weighted by molar-refractivity contribution is 7.14. The SMILES string of the molecule is O=C(Cc1csc(NC(=O)c2ccccc2)n1)NCCCOCC1CC1. The molecule has 1 heterocycles. The van der Waals surface area contributed by atoms with Crippen LogP contribution in [0.4, 0.5) is 5.13 Å². The van der Waals surface area contributed by atoms with Gasteiger partial charge in [0.25, 0.3) is 5.91 Å². The molecule has 3 rings (SSSR count). The Kier molecular flexibility index (Phi) is 6.74. The first-order chi connectivity index (χ1) is 12.7. The van der Waals surface area contributed by atoms with E-state index in [-0.39, 0.29) is 18.2 Å². The largest absolute Gasteiger partial charge is 0.381 e. The summed E-state index contributed by atoms with van der Waals surface area (Å²) in [6, 6.07) is 8.96. The van der Waals surface area contributed by atoms with Crippen LogP contribution < -0.4 is 10.6 Å². The number of thiazole rings is 1. The summed E-state index contributed by atoms with van der Waals surface area (Å²) < 4.78 is 5.53. The van der Waals surface area contributed by atoms with E-state index in [1.807, 2.05) is 18.2 Å². The van der Waals surface area contributed by atoms with Crippen LogP contribution in [-0.4, -0.2) is 36.6 Å². The lowest BCUT2D eigenvalue weighted by Gasteiger charge is -2.05. The van der Waals surface area contributed by atoms with Gasteiger partial charge in [-0.25, -0.2) is 4.98 Å². The number of benzene rings is 1. The monoisotopic (exact) mass is 373 g/mol. The van der Waals surface area contributed by atoms with Gasteiger partial charge >= 0.3 is 0 Å². The highest BCUT2D eigenvalue weighted by atomic mass is 32.1. The topological polar surface area (TPSA) is 80.3 Å². The fourth-order valence-electron chi connectivity index (χ4n) is 2.37. The highest BCUT2D eigenvalue weighted by Gasteiger charge is 2.20. The Morgan fingerprint density at radius 1 is 1.23 bits per heavy atom. The van der Waals surface area contributed by atoms with Crippen LogP contribution in [0, 0.1) is 5.92 Å². The van der Waals surface area contributed by atoms with E-state index in [1.54, 1.807) is 17.5 Å². The first kappa shape index (κ1) is 18.5. The highest BCUT2D eigenvalue weighted by Crippen LogP contribution is 2.28. The second-order valence-corrected chi connectivity index (χ2v) is 7.22. The lowest BCUT2D eigenvalue weighted by atomic mass is 10.2. The van der Waals surface area contributed by atoms with E-state index in [9.17, 15) is 9.59 Å². The summed E-state index contributed by atoms with van der Waals surface area (Å²) in [6.45, 7) is 2.14. The molecule has 2 aromatic rings. The lowest BCUT2D eigenvalue weighted by Crippen LogP contribution is -2.27. The lowest BCUT2D eigenvalue weighted by molar-refractivity contribution is -0.120. The van der Waals surface area contributed by atoms with E-state index in [0.29, 0.717) is 29.5 Å². The van der Waals surface area contributed by atoms with E-state index in [2.05, 4.69) is 15.6 Å². The van der Waals surface area contributed by atoms with Crippen LogP contribution in [0.5, 0.6) is 0 Å². The van der Waals surface area contributed by atoms with Crippen LogP contribution in [0.25, 0.3) is 0 Å². The predicted molar refractivity (Wildman–Crippen MR) is 101 cm³/mol. The molecule has 1 fully saturated rings. The molecule has 1 aromatic heterocycles. The van der Waals surface area contributed by atoms with Crippen molar-refractivity contribution in [3.63, 3.8) is 0 Å². The van der Waals surface area contributed by atoms with Crippen molar-refractivity contribution in [1.82, 2.24) is 10.3 Å². The van der Waals surface area contributed by atoms with Crippen molar-refractivity contribution in [2.45, 2.75) is 25.7 Å². The van der Waals surface area contributed by atoms with Crippen molar-refractivity contribution >= 4 is 28.3 Å². The van der Waals surface area contributed by atoms with Gasteiger partial charge in [0.15, 0.2) is 5.13 Å². The molecular weight excluding hydrogens is 350 g/mol. The Labute approximate surface area is 157 Å². The molecule has 1 aliphatic carbocycles. The number of carbonyl (C=O) groups excluding carboxylic acids is 2. The number of carbonyl (C=O) groups is 2. The Bertz CT molecular complexity index is 729. The third-order valence-electron chi connectivity index (χ3n) is 3.99. The summed E-state index contributed by atoms with van der Waals surface area (Å²) >= 11 is 1.31. The zero-order valence-corrected chi connectivity index (χ0v) is 15.4. The molecule has 7 heteroatoms. The molecule has 0 bridgehead atoms. The molecule has 0 radical (unpaired) electrons. The molecule has 0 unspecified atom stereocenters. The standard InChI is InChI=1S/C19H23N3O3S/c23-17(20-9-4-10-25-12-14-7-8-14)11-16-13-26-19(21-16)22-18(24)15-5-2-1-3-6-15/h1-3,5-6,13-14H,4,7-12H2,(H,20,23)(H,21,22,24). The second kappa shape index (κ2) is 9.45. The molecule has 0 atom stereocenters. The molecule has 0 aliphatic heterocycles. The van der Waals surface area contributed by atoms with Crippen molar-refractivity contribution < 1.29 is 14.3 Å². The first-order valence-electron chi connectivity index (χ1n) is 8.86. The van der Waals surface area contributed by atoms with Gasteiger partial charge in [-0.15, -0.1) is 11.3 Å². The Balaban J connectivity index is 1.34. The molecule has 138 valence electrons. The second-order valence-electron chi connectivity index (χ2n) is 6.36. The minimum absolute atomic E-state index is 0.0709. The van der Waals surface area contributed by atoms with Gasteiger partial charge in [0.05, 0.1) is 12.1 Å². The van der Waals surface area contributed by atoms with Crippen LogP contribution in [0.2, 0.25) is 0 Å². The molecule has 2 N–H and O–H groups in total. The van der Waals surface area contributed by atoms with Crippen molar-refractivity contribution in [3.8, 4) is 0 Å². The maximum atomic E-state index is 12.1. The van der Waals surface area contributed by atoms with E-state index < -0.39 is 0 Å². The fourth-order valence-corrected chi connectivity index (χ4v) is 3.07. The quantitative estimate of drug-likeness (QED) is 0.628. The molecule has 1 aromatic carbocycles. The number of hydrogen-bond acceptors (Lipinski definition) is 5. The van der Waals surface area contributed by atoms with Crippen molar-refractivity contribution in [3.05, 3.63) is 47.0 Å². The molecule has 0 saturated heterocycles. The third kappa shape index (κ3) is 6.24. The summed E-state index contributed by atoms with van der Waals surface area (Å²) in [5, 5.41) is 7.91. The predicted octanol–water partition coefficient (Wildman–Crippen LogP) is 2.87. The van der Waals surface area contributed by atoms with Crippen LogP contribution in [0.1, 0.15) is 35.3 Å². The molecule has 6 nitrogen and oxygen atoms in total. The number of amides is 2. The number of anilines is 1. The fraction of sp³-hybridized carbons (Fsp3) is 0.421. The number of aromatic nitrogens is 1. The molecule has 0 spiro atoms. The average Bonchev–Trinajstić information content (AvgIpc) is 3.38. The number of hydrogen-bond donors (Lipinski definition) is 2. The minimum Gasteiger partial charge on any atom is -0.381 e. The van der Waals surface area contributed by atoms with Crippen LogP contribution in [0.3, 0.4) is 0 Å². The van der Waals surface area contributed by atoms with E-state index in [4.69, 9.17) is 4.74 Å². The smallest absolute Gasteiger partial charge is 0.257 e. The van der Waals surface area contributed by atoms with E-state index >= 15 is 0 Å². The summed E-state index contributed by atoms with van der Waals surface area (Å²) in [7, 11) is 0. The summed E-state index contributed by atoms with van der Waals surface area (Å²) in [6.07, 6.45) is 3.60. The Morgan fingerprint density at radius 2 is 2.04 bits per heavy atom.